The zero-order valence-corrected chi connectivity index (χ0v) is 30.6. The molecule has 0 spiro atoms. The number of anilines is 1. The average Bonchev–Trinajstić information content (AvgIpc) is 3.39. The number of nitrogens with one attached hydrogen (secondary N) is 3. The standard InChI is InChI=1S/C34H40N8O6S.2ClH/c1-22(24-6-4-3-5-7-24)38-32(43)20-41-30-13-8-25(34(36)37)18-29(30)39-31(41)19-42(49(46,47)21-33(44)45)26-9-11-27(12-10-26)48-28-14-16-40(17-15-28)23(2)35;;/h3-13,18,22,28,35H,14-17,19-21H2,1-2H3,(H3,36,37)(H,38,43)(H,44,45);2*1H/t22-;;/m0../s1. The number of hydrogen-bond donors (Lipinski definition) is 5. The van der Waals surface area contributed by atoms with E-state index in [4.69, 9.17) is 21.3 Å². The predicted octanol–water partition coefficient (Wildman–Crippen LogP) is 4.30. The zero-order chi connectivity index (χ0) is 35.3. The molecule has 51 heavy (non-hydrogen) atoms. The van der Waals surface area contributed by atoms with Crippen molar-refractivity contribution in [1.29, 1.82) is 10.8 Å². The molecule has 0 bridgehead atoms. The van der Waals surface area contributed by atoms with Crippen LogP contribution in [0.5, 0.6) is 5.75 Å². The number of nitrogen functional groups attached to an aromatic ring is 1. The van der Waals surface area contributed by atoms with Gasteiger partial charge in [0.05, 0.1) is 35.1 Å². The predicted molar refractivity (Wildman–Crippen MR) is 201 cm³/mol. The van der Waals surface area contributed by atoms with Gasteiger partial charge in [0, 0.05) is 31.5 Å². The van der Waals surface area contributed by atoms with Crippen LogP contribution < -0.4 is 20.1 Å². The Hall–Kier alpha value is -4.86. The number of piperidine rings is 1. The van der Waals surface area contributed by atoms with Crippen molar-refractivity contribution >= 4 is 75.1 Å². The van der Waals surface area contributed by atoms with Gasteiger partial charge in [-0.3, -0.25) is 24.7 Å². The molecular weight excluding hydrogens is 719 g/mol. The van der Waals surface area contributed by atoms with Gasteiger partial charge in [-0.1, -0.05) is 30.3 Å². The van der Waals surface area contributed by atoms with Crippen LogP contribution in [-0.2, 0) is 32.7 Å². The summed E-state index contributed by atoms with van der Waals surface area (Å²) in [7, 11) is -4.43. The number of rotatable bonds is 13. The first-order valence-corrected chi connectivity index (χ1v) is 17.4. The molecule has 3 aromatic carbocycles. The molecule has 1 atom stereocenters. The summed E-state index contributed by atoms with van der Waals surface area (Å²) in [6.07, 6.45) is 1.40. The summed E-state index contributed by atoms with van der Waals surface area (Å²) in [6.45, 7) is 4.42. The number of amidine groups is 2. The van der Waals surface area contributed by atoms with Crippen molar-refractivity contribution < 1.29 is 27.9 Å². The quantitative estimate of drug-likeness (QED) is 0.0971. The Morgan fingerprint density at radius 2 is 1.71 bits per heavy atom. The average molecular weight is 762 g/mol. The highest BCUT2D eigenvalue weighted by Crippen LogP contribution is 2.28. The first kappa shape index (κ1) is 40.6. The van der Waals surface area contributed by atoms with Gasteiger partial charge >= 0.3 is 5.97 Å². The molecule has 2 heterocycles. The topological polar surface area (TPSA) is 208 Å². The maximum Gasteiger partial charge on any atom is 0.320 e. The minimum absolute atomic E-state index is 0. The van der Waals surface area contributed by atoms with Crippen LogP contribution in [-0.4, -0.2) is 76.5 Å². The van der Waals surface area contributed by atoms with E-state index in [0.29, 0.717) is 41.3 Å². The number of carbonyl (C=O) groups is 2. The molecule has 1 saturated heterocycles. The summed E-state index contributed by atoms with van der Waals surface area (Å²) in [4.78, 5) is 31.7. The maximum atomic E-state index is 13.6. The lowest BCUT2D eigenvalue weighted by Crippen LogP contribution is -2.40. The van der Waals surface area contributed by atoms with Gasteiger partial charge in [0.1, 0.15) is 30.1 Å². The fourth-order valence-electron chi connectivity index (χ4n) is 5.81. The van der Waals surface area contributed by atoms with E-state index in [0.717, 1.165) is 22.7 Å². The number of likely N-dealkylation sites (tertiary alicyclic amines) is 1. The Morgan fingerprint density at radius 1 is 1.06 bits per heavy atom. The summed E-state index contributed by atoms with van der Waals surface area (Å²) in [5, 5.41) is 28.1. The van der Waals surface area contributed by atoms with Gasteiger partial charge in [-0.2, -0.15) is 0 Å². The second-order valence-corrected chi connectivity index (χ2v) is 13.9. The Morgan fingerprint density at radius 3 is 2.29 bits per heavy atom. The van der Waals surface area contributed by atoms with Gasteiger partial charge in [-0.15, -0.1) is 24.8 Å². The van der Waals surface area contributed by atoms with Crippen LogP contribution in [0.1, 0.15) is 49.7 Å². The van der Waals surface area contributed by atoms with Crippen LogP contribution >= 0.6 is 24.8 Å². The molecule has 17 heteroatoms. The van der Waals surface area contributed by atoms with Crippen LogP contribution in [0, 0.1) is 10.8 Å². The van der Waals surface area contributed by atoms with E-state index in [9.17, 15) is 23.1 Å². The van der Waals surface area contributed by atoms with E-state index in [1.807, 2.05) is 42.2 Å². The number of imidazole rings is 1. The van der Waals surface area contributed by atoms with Gasteiger partial charge < -0.3 is 30.4 Å². The summed E-state index contributed by atoms with van der Waals surface area (Å²) in [5.74, 6) is -2.00. The van der Waals surface area contributed by atoms with Crippen molar-refractivity contribution in [3.05, 3.63) is 89.7 Å². The van der Waals surface area contributed by atoms with Gasteiger partial charge in [0.15, 0.2) is 5.75 Å². The van der Waals surface area contributed by atoms with Crippen molar-refractivity contribution in [3.63, 3.8) is 0 Å². The molecule has 6 N–H and O–H groups in total. The number of aromatic nitrogens is 2. The molecule has 5 rings (SSSR count). The number of carbonyl (C=O) groups excluding carboxylic acids is 1. The molecule has 14 nitrogen and oxygen atoms in total. The highest BCUT2D eigenvalue weighted by atomic mass is 35.5. The zero-order valence-electron chi connectivity index (χ0n) is 28.1. The van der Waals surface area contributed by atoms with Crippen LogP contribution in [0.2, 0.25) is 0 Å². The van der Waals surface area contributed by atoms with E-state index in [1.54, 1.807) is 54.0 Å². The maximum absolute atomic E-state index is 13.6. The third-order valence-corrected chi connectivity index (χ3v) is 10.0. The third-order valence-electron chi connectivity index (χ3n) is 8.39. The molecule has 1 aliphatic rings. The molecule has 1 amide bonds. The van der Waals surface area contributed by atoms with Crippen molar-refractivity contribution in [3.8, 4) is 5.75 Å². The van der Waals surface area contributed by atoms with Gasteiger partial charge in [0.2, 0.25) is 15.9 Å². The fraction of sp³-hybridized carbons (Fsp3) is 0.324. The highest BCUT2D eigenvalue weighted by Gasteiger charge is 2.29. The minimum atomic E-state index is -4.43. The van der Waals surface area contributed by atoms with E-state index in [1.165, 1.54) is 0 Å². The summed E-state index contributed by atoms with van der Waals surface area (Å²) >= 11 is 0. The number of fused-ring (bicyclic) bond motifs is 1. The van der Waals surface area contributed by atoms with Gasteiger partial charge in [0.25, 0.3) is 0 Å². The number of benzene rings is 3. The summed E-state index contributed by atoms with van der Waals surface area (Å²) in [5.41, 5.74) is 8.09. The molecule has 1 aliphatic heterocycles. The molecule has 274 valence electrons. The van der Waals surface area contributed by atoms with Crippen molar-refractivity contribution in [2.75, 3.05) is 23.1 Å². The SMILES string of the molecule is CC(=N)N1CCC(Oc2ccc(N(Cc3nc4cc(C(=N)N)ccc4n3CC(=O)N[C@@H](C)c3ccccc3)S(=O)(=O)CC(=O)O)cc2)CC1.Cl.Cl. The second-order valence-electron chi connectivity index (χ2n) is 12.0. The second kappa shape index (κ2) is 17.4. The molecule has 0 radical (unpaired) electrons. The highest BCUT2D eigenvalue weighted by molar-refractivity contribution is 7.93. The lowest BCUT2D eigenvalue weighted by molar-refractivity contribution is -0.134. The molecule has 1 aromatic heterocycles. The molecule has 4 aromatic rings. The number of amides is 1. The molecule has 1 fully saturated rings. The first-order chi connectivity index (χ1) is 23.3. The van der Waals surface area contributed by atoms with Crippen LogP contribution in [0.3, 0.4) is 0 Å². The molecular formula is C34H42Cl2N8O6S. The van der Waals surface area contributed by atoms with Gasteiger partial charge in [-0.25, -0.2) is 13.4 Å². The first-order valence-electron chi connectivity index (χ1n) is 15.8. The third kappa shape index (κ3) is 10.1. The molecule has 0 aliphatic carbocycles. The van der Waals surface area contributed by atoms with E-state index < -0.39 is 21.7 Å². The summed E-state index contributed by atoms with van der Waals surface area (Å²) < 4.78 is 35.8. The van der Waals surface area contributed by atoms with E-state index in [2.05, 4.69) is 10.3 Å². The van der Waals surface area contributed by atoms with Crippen molar-refractivity contribution in [1.82, 2.24) is 19.8 Å². The number of nitrogens with two attached hydrogens (primary N) is 1. The van der Waals surface area contributed by atoms with E-state index in [-0.39, 0.29) is 73.3 Å². The minimum Gasteiger partial charge on any atom is -0.490 e. The number of halogens is 2. The number of carboxylic acid groups (broad SMARTS) is 1. The van der Waals surface area contributed by atoms with Crippen molar-refractivity contribution in [2.24, 2.45) is 5.73 Å². The largest absolute Gasteiger partial charge is 0.490 e. The number of hydrogen-bond acceptors (Lipinski definition) is 8. The van der Waals surface area contributed by atoms with Crippen LogP contribution in [0.15, 0.2) is 72.8 Å². The summed E-state index contributed by atoms with van der Waals surface area (Å²) in [6, 6.07) is 20.3. The number of aliphatic carboxylic acids is 1. The Labute approximate surface area is 308 Å². The molecule has 0 saturated carbocycles. The Bertz CT molecular complexity index is 1970. The monoisotopic (exact) mass is 760 g/mol. The van der Waals surface area contributed by atoms with Crippen LogP contribution in [0.4, 0.5) is 5.69 Å². The smallest absolute Gasteiger partial charge is 0.320 e. The Balaban J connectivity index is 0.00000351. The van der Waals surface area contributed by atoms with Crippen molar-refractivity contribution in [2.45, 2.75) is 51.9 Å². The van der Waals surface area contributed by atoms with Gasteiger partial charge in [-0.05, 0) is 61.9 Å². The van der Waals surface area contributed by atoms with E-state index >= 15 is 0 Å². The number of sulfonamides is 1. The lowest BCUT2D eigenvalue weighted by Gasteiger charge is -2.33. The number of nitrogens with zero attached hydrogens (tertiary/aromatic N) is 4. The lowest BCUT2D eigenvalue weighted by atomic mass is 10.1. The normalized spacial score (nSPS) is 13.7. The number of ether oxygens (including phenoxy) is 1. The fourth-order valence-corrected chi connectivity index (χ4v) is 7.03. The molecule has 0 unspecified atom stereocenters. The van der Waals surface area contributed by atoms with Crippen LogP contribution in [0.25, 0.3) is 11.0 Å². The Kier molecular flexibility index (Phi) is 13.8. The number of carboxylic acids is 1.